The maximum absolute atomic E-state index is 13.4. The first-order valence-electron chi connectivity index (χ1n) is 9.25. The van der Waals surface area contributed by atoms with Crippen molar-refractivity contribution in [1.82, 2.24) is 9.88 Å². The molecule has 8 heteroatoms. The van der Waals surface area contributed by atoms with Crippen molar-refractivity contribution in [3.05, 3.63) is 46.7 Å². The van der Waals surface area contributed by atoms with E-state index in [1.807, 2.05) is 24.3 Å². The lowest BCUT2D eigenvalue weighted by Gasteiger charge is -2.26. The standard InChI is InChI=1S/C20H22FN5OS/c1-23-11-16(10-22)26-9-7-17-18(20(26)27)28-19(24-17)13-2-4-15(5-3-13)25-8-6-14(21)12-25/h2-5,10-11,14H,6-9,12,22H2,1H3/b16-10+,23-11?/t14-/m0/s1. The number of hydrogen-bond donors (Lipinski definition) is 1. The average Bonchev–Trinajstić information content (AvgIpc) is 3.34. The fourth-order valence-corrected chi connectivity index (χ4v) is 4.67. The Morgan fingerprint density at radius 1 is 1.36 bits per heavy atom. The molecule has 1 fully saturated rings. The number of nitrogens with two attached hydrogens (primary N) is 1. The van der Waals surface area contributed by atoms with E-state index in [1.54, 1.807) is 18.2 Å². The van der Waals surface area contributed by atoms with Gasteiger partial charge in [-0.3, -0.25) is 9.79 Å². The van der Waals surface area contributed by atoms with Gasteiger partial charge < -0.3 is 15.5 Å². The Balaban J connectivity index is 1.57. The number of benzene rings is 1. The summed E-state index contributed by atoms with van der Waals surface area (Å²) in [6.45, 7) is 1.73. The van der Waals surface area contributed by atoms with Crippen LogP contribution in [0.4, 0.5) is 10.1 Å². The molecule has 2 aliphatic rings. The van der Waals surface area contributed by atoms with E-state index in [4.69, 9.17) is 5.73 Å². The first-order valence-corrected chi connectivity index (χ1v) is 10.1. The number of carbonyl (C=O) groups is 1. The van der Waals surface area contributed by atoms with Crippen LogP contribution in [0.1, 0.15) is 21.8 Å². The Morgan fingerprint density at radius 3 is 2.79 bits per heavy atom. The van der Waals surface area contributed by atoms with Gasteiger partial charge in [-0.25, -0.2) is 9.37 Å². The summed E-state index contributed by atoms with van der Waals surface area (Å²) in [5.74, 6) is -0.0933. The molecule has 2 aliphatic heterocycles. The smallest absolute Gasteiger partial charge is 0.270 e. The van der Waals surface area contributed by atoms with Crippen molar-refractivity contribution in [3.8, 4) is 10.6 Å². The zero-order valence-corrected chi connectivity index (χ0v) is 16.5. The van der Waals surface area contributed by atoms with E-state index in [-0.39, 0.29) is 5.91 Å². The van der Waals surface area contributed by atoms with Gasteiger partial charge in [-0.05, 0) is 30.7 Å². The number of aliphatic imine (C=N–C) groups is 1. The molecule has 3 heterocycles. The monoisotopic (exact) mass is 399 g/mol. The molecule has 0 unspecified atom stereocenters. The number of halogens is 1. The van der Waals surface area contributed by atoms with E-state index >= 15 is 0 Å². The maximum Gasteiger partial charge on any atom is 0.270 e. The Hall–Kier alpha value is -2.74. The highest BCUT2D eigenvalue weighted by Gasteiger charge is 2.30. The van der Waals surface area contributed by atoms with Gasteiger partial charge >= 0.3 is 0 Å². The predicted molar refractivity (Wildman–Crippen MR) is 111 cm³/mol. The van der Waals surface area contributed by atoms with E-state index in [1.165, 1.54) is 17.5 Å². The third kappa shape index (κ3) is 3.40. The lowest BCUT2D eigenvalue weighted by atomic mass is 10.1. The van der Waals surface area contributed by atoms with Gasteiger partial charge in [-0.2, -0.15) is 0 Å². The van der Waals surface area contributed by atoms with Crippen molar-refractivity contribution >= 4 is 29.1 Å². The molecule has 4 rings (SSSR count). The number of carbonyl (C=O) groups excluding carboxylic acids is 1. The summed E-state index contributed by atoms with van der Waals surface area (Å²) < 4.78 is 13.4. The summed E-state index contributed by atoms with van der Waals surface area (Å²) in [5, 5.41) is 0.818. The van der Waals surface area contributed by atoms with E-state index in [0.29, 0.717) is 36.5 Å². The number of anilines is 1. The third-order valence-electron chi connectivity index (χ3n) is 5.06. The number of thiazole rings is 1. The summed E-state index contributed by atoms with van der Waals surface area (Å²) in [7, 11) is 1.65. The Labute approximate surface area is 167 Å². The Bertz CT molecular complexity index is 937. The number of aromatic nitrogens is 1. The van der Waals surface area contributed by atoms with Crippen molar-refractivity contribution in [1.29, 1.82) is 0 Å². The van der Waals surface area contributed by atoms with Gasteiger partial charge in [0.1, 0.15) is 16.1 Å². The first kappa shape index (κ1) is 18.6. The molecule has 146 valence electrons. The normalized spacial score (nSPS) is 20.3. The van der Waals surface area contributed by atoms with Crippen LogP contribution < -0.4 is 10.6 Å². The van der Waals surface area contributed by atoms with E-state index in [9.17, 15) is 9.18 Å². The van der Waals surface area contributed by atoms with E-state index in [0.717, 1.165) is 28.5 Å². The number of nitrogens with zero attached hydrogens (tertiary/aromatic N) is 4. The highest BCUT2D eigenvalue weighted by atomic mass is 32.1. The van der Waals surface area contributed by atoms with Crippen molar-refractivity contribution in [2.45, 2.75) is 19.0 Å². The minimum absolute atomic E-state index is 0.0933. The summed E-state index contributed by atoms with van der Waals surface area (Å²) >= 11 is 1.40. The van der Waals surface area contributed by atoms with E-state index in [2.05, 4.69) is 14.9 Å². The number of fused-ring (bicyclic) bond motifs is 1. The molecule has 1 aromatic carbocycles. The summed E-state index contributed by atoms with van der Waals surface area (Å²) in [6, 6.07) is 7.97. The highest BCUT2D eigenvalue weighted by Crippen LogP contribution is 2.33. The molecular formula is C20H22FN5OS. The van der Waals surface area contributed by atoms with Gasteiger partial charge in [0.05, 0.1) is 11.4 Å². The molecule has 0 spiro atoms. The van der Waals surface area contributed by atoms with Crippen molar-refractivity contribution in [2.24, 2.45) is 10.7 Å². The van der Waals surface area contributed by atoms with Gasteiger partial charge in [0.15, 0.2) is 0 Å². The van der Waals surface area contributed by atoms with Crippen molar-refractivity contribution < 1.29 is 9.18 Å². The number of hydrogen-bond acceptors (Lipinski definition) is 6. The number of amides is 1. The van der Waals surface area contributed by atoms with Gasteiger partial charge in [-0.1, -0.05) is 0 Å². The molecule has 28 heavy (non-hydrogen) atoms. The third-order valence-corrected chi connectivity index (χ3v) is 6.20. The largest absolute Gasteiger partial charge is 0.403 e. The Morgan fingerprint density at radius 2 is 2.14 bits per heavy atom. The minimum Gasteiger partial charge on any atom is -0.403 e. The predicted octanol–water partition coefficient (Wildman–Crippen LogP) is 2.86. The second-order valence-electron chi connectivity index (χ2n) is 6.86. The molecule has 0 saturated carbocycles. The zero-order valence-electron chi connectivity index (χ0n) is 15.6. The van der Waals surface area contributed by atoms with Crippen LogP contribution in [0.2, 0.25) is 0 Å². The second kappa shape index (κ2) is 7.71. The molecule has 1 atom stereocenters. The molecule has 0 aliphatic carbocycles. The summed E-state index contributed by atoms with van der Waals surface area (Å²) in [4.78, 5) is 25.9. The maximum atomic E-state index is 13.4. The fourth-order valence-electron chi connectivity index (χ4n) is 3.60. The molecule has 2 aromatic rings. The van der Waals surface area contributed by atoms with Crippen molar-refractivity contribution in [3.63, 3.8) is 0 Å². The Kier molecular flexibility index (Phi) is 5.13. The number of rotatable bonds is 4. The number of alkyl halides is 1. The van der Waals surface area contributed by atoms with Crippen molar-refractivity contribution in [2.75, 3.05) is 31.6 Å². The summed E-state index contributed by atoms with van der Waals surface area (Å²) in [5.41, 5.74) is 9.06. The quantitative estimate of drug-likeness (QED) is 0.803. The molecule has 1 amide bonds. The second-order valence-corrected chi connectivity index (χ2v) is 7.86. The van der Waals surface area contributed by atoms with Crippen LogP contribution in [0.5, 0.6) is 0 Å². The SMILES string of the molecule is CN=C/C(=C\N)N1CCc2nc(-c3ccc(N4CC[C@H](F)C4)cc3)sc2C1=O. The topological polar surface area (TPSA) is 74.8 Å². The fraction of sp³-hybridized carbons (Fsp3) is 0.350. The average molecular weight is 399 g/mol. The van der Waals surface area contributed by atoms with Crippen LogP contribution in [-0.2, 0) is 6.42 Å². The van der Waals surface area contributed by atoms with Crippen LogP contribution in [0.3, 0.4) is 0 Å². The minimum atomic E-state index is -0.746. The molecular weight excluding hydrogens is 377 g/mol. The molecule has 1 aromatic heterocycles. The highest BCUT2D eigenvalue weighted by molar-refractivity contribution is 7.17. The summed E-state index contributed by atoms with van der Waals surface area (Å²) in [6.07, 6.45) is 3.50. The molecule has 0 bridgehead atoms. The van der Waals surface area contributed by atoms with Gasteiger partial charge in [0, 0.05) is 56.8 Å². The van der Waals surface area contributed by atoms with Gasteiger partial charge in [-0.15, -0.1) is 11.3 Å². The van der Waals surface area contributed by atoms with Crippen LogP contribution >= 0.6 is 11.3 Å². The molecule has 6 nitrogen and oxygen atoms in total. The molecule has 2 N–H and O–H groups in total. The molecule has 0 radical (unpaired) electrons. The molecule has 1 saturated heterocycles. The zero-order chi connectivity index (χ0) is 19.7. The van der Waals surface area contributed by atoms with Gasteiger partial charge in [0.2, 0.25) is 0 Å². The van der Waals surface area contributed by atoms with Crippen LogP contribution in [0.25, 0.3) is 10.6 Å². The lowest BCUT2D eigenvalue weighted by Crippen LogP contribution is -2.37. The van der Waals surface area contributed by atoms with Crippen LogP contribution in [0, 0.1) is 0 Å². The van der Waals surface area contributed by atoms with E-state index < -0.39 is 6.17 Å². The number of allylic oxidation sites excluding steroid dienone is 1. The first-order chi connectivity index (χ1) is 13.6. The lowest BCUT2D eigenvalue weighted by molar-refractivity contribution is 0.0805. The van der Waals surface area contributed by atoms with Crippen LogP contribution in [0.15, 0.2) is 41.2 Å². The van der Waals surface area contributed by atoms with Gasteiger partial charge in [0.25, 0.3) is 5.91 Å². The van der Waals surface area contributed by atoms with Crippen LogP contribution in [-0.4, -0.2) is 54.9 Å².